The highest BCUT2D eigenvalue weighted by Crippen LogP contribution is 2.30. The molecule has 38 heavy (non-hydrogen) atoms. The van der Waals surface area contributed by atoms with Crippen molar-refractivity contribution in [3.05, 3.63) is 65.2 Å². The number of carboxylic acids is 1. The van der Waals surface area contributed by atoms with E-state index in [4.69, 9.17) is 9.47 Å². The SMILES string of the molecule is CCO[C@](C)(C(=O)O)c1ccc(OCC(=O)N(Cc2ccc(C(C)C)cc2)CC2CCC(C#N)CC2)cc1. The van der Waals surface area contributed by atoms with Gasteiger partial charge in [-0.25, -0.2) is 4.79 Å². The van der Waals surface area contributed by atoms with Gasteiger partial charge in [-0.05, 0) is 80.2 Å². The fourth-order valence-corrected chi connectivity index (χ4v) is 4.93. The van der Waals surface area contributed by atoms with E-state index in [1.54, 1.807) is 31.2 Å². The van der Waals surface area contributed by atoms with Crippen molar-refractivity contribution in [2.45, 2.75) is 71.4 Å². The highest BCUT2D eigenvalue weighted by molar-refractivity contribution is 5.79. The van der Waals surface area contributed by atoms with Gasteiger partial charge in [0.15, 0.2) is 12.2 Å². The molecule has 0 saturated heterocycles. The molecule has 0 bridgehead atoms. The second-order valence-corrected chi connectivity index (χ2v) is 10.6. The molecule has 7 nitrogen and oxygen atoms in total. The molecular formula is C31H40N2O5. The minimum absolute atomic E-state index is 0.103. The van der Waals surface area contributed by atoms with E-state index in [2.05, 4.69) is 44.2 Å². The first-order valence-electron chi connectivity index (χ1n) is 13.5. The van der Waals surface area contributed by atoms with E-state index in [-0.39, 0.29) is 25.0 Å². The summed E-state index contributed by atoms with van der Waals surface area (Å²) in [6, 6.07) is 17.4. The molecule has 1 aliphatic rings. The lowest BCUT2D eigenvalue weighted by Crippen LogP contribution is -2.39. The van der Waals surface area contributed by atoms with Crippen LogP contribution in [-0.2, 0) is 26.5 Å². The Morgan fingerprint density at radius 1 is 1.08 bits per heavy atom. The number of carboxylic acid groups (broad SMARTS) is 1. The molecule has 1 atom stereocenters. The Balaban J connectivity index is 1.68. The highest BCUT2D eigenvalue weighted by Gasteiger charge is 2.36. The molecule has 2 aromatic carbocycles. The molecule has 204 valence electrons. The van der Waals surface area contributed by atoms with Crippen LogP contribution in [-0.4, -0.2) is 41.6 Å². The summed E-state index contributed by atoms with van der Waals surface area (Å²) in [5, 5.41) is 18.9. The summed E-state index contributed by atoms with van der Waals surface area (Å²) >= 11 is 0. The number of amides is 1. The zero-order valence-electron chi connectivity index (χ0n) is 23.0. The molecule has 7 heteroatoms. The summed E-state index contributed by atoms with van der Waals surface area (Å²) in [6.45, 7) is 8.89. The quantitative estimate of drug-likeness (QED) is 0.375. The van der Waals surface area contributed by atoms with Crippen molar-refractivity contribution in [2.75, 3.05) is 19.8 Å². The van der Waals surface area contributed by atoms with Crippen molar-refractivity contribution >= 4 is 11.9 Å². The van der Waals surface area contributed by atoms with Gasteiger partial charge in [-0.15, -0.1) is 0 Å². The van der Waals surface area contributed by atoms with Gasteiger partial charge in [-0.1, -0.05) is 50.2 Å². The average Bonchev–Trinajstić information content (AvgIpc) is 2.92. The van der Waals surface area contributed by atoms with Crippen molar-refractivity contribution < 1.29 is 24.2 Å². The lowest BCUT2D eigenvalue weighted by Gasteiger charge is -2.31. The monoisotopic (exact) mass is 520 g/mol. The predicted octanol–water partition coefficient (Wildman–Crippen LogP) is 5.88. The maximum absolute atomic E-state index is 13.3. The topological polar surface area (TPSA) is 99.9 Å². The molecule has 0 unspecified atom stereocenters. The molecule has 2 aromatic rings. The first kappa shape index (κ1) is 29.2. The molecule has 1 saturated carbocycles. The number of carbonyl (C=O) groups is 2. The van der Waals surface area contributed by atoms with Gasteiger partial charge in [0.05, 0.1) is 6.07 Å². The van der Waals surface area contributed by atoms with Crippen LogP contribution in [0.1, 0.15) is 76.0 Å². The minimum Gasteiger partial charge on any atom is -0.484 e. The Kier molecular flexibility index (Phi) is 10.3. The molecule has 1 N–H and O–H groups in total. The molecular weight excluding hydrogens is 480 g/mol. The van der Waals surface area contributed by atoms with Crippen LogP contribution in [0.4, 0.5) is 0 Å². The third-order valence-electron chi connectivity index (χ3n) is 7.49. The number of nitrogens with zero attached hydrogens (tertiary/aromatic N) is 2. The molecule has 0 aliphatic heterocycles. The van der Waals surface area contributed by atoms with Gasteiger partial charge in [0, 0.05) is 25.6 Å². The van der Waals surface area contributed by atoms with Gasteiger partial charge in [0.2, 0.25) is 0 Å². The third kappa shape index (κ3) is 7.58. The number of nitriles is 1. The van der Waals surface area contributed by atoms with Crippen LogP contribution >= 0.6 is 0 Å². The fourth-order valence-electron chi connectivity index (χ4n) is 4.93. The second-order valence-electron chi connectivity index (χ2n) is 10.6. The summed E-state index contributed by atoms with van der Waals surface area (Å²) in [7, 11) is 0. The molecule has 0 radical (unpaired) electrons. The summed E-state index contributed by atoms with van der Waals surface area (Å²) in [6.07, 6.45) is 3.65. The van der Waals surface area contributed by atoms with Gasteiger partial charge in [0.25, 0.3) is 5.91 Å². The summed E-state index contributed by atoms with van der Waals surface area (Å²) in [5.74, 6) is 0.250. The van der Waals surface area contributed by atoms with Crippen molar-refractivity contribution in [3.63, 3.8) is 0 Å². The van der Waals surface area contributed by atoms with Crippen LogP contribution in [0.5, 0.6) is 5.75 Å². The van der Waals surface area contributed by atoms with Gasteiger partial charge < -0.3 is 19.5 Å². The molecule has 0 spiro atoms. The van der Waals surface area contributed by atoms with Crippen molar-refractivity contribution in [3.8, 4) is 11.8 Å². The fraction of sp³-hybridized carbons (Fsp3) is 0.516. The summed E-state index contributed by atoms with van der Waals surface area (Å²) in [4.78, 5) is 27.0. The Hall–Kier alpha value is -3.37. The number of rotatable bonds is 12. The van der Waals surface area contributed by atoms with Crippen molar-refractivity contribution in [1.82, 2.24) is 4.90 Å². The van der Waals surface area contributed by atoms with Gasteiger partial charge >= 0.3 is 5.97 Å². The Bertz CT molecular complexity index is 1100. The zero-order chi connectivity index (χ0) is 27.7. The molecule has 1 amide bonds. The van der Waals surface area contributed by atoms with Crippen LogP contribution in [0.2, 0.25) is 0 Å². The number of carbonyl (C=O) groups excluding carboxylic acids is 1. The first-order valence-corrected chi connectivity index (χ1v) is 13.5. The lowest BCUT2D eigenvalue weighted by atomic mass is 9.82. The van der Waals surface area contributed by atoms with E-state index < -0.39 is 11.6 Å². The van der Waals surface area contributed by atoms with E-state index in [0.717, 1.165) is 31.2 Å². The van der Waals surface area contributed by atoms with Gasteiger partial charge in [0.1, 0.15) is 5.75 Å². The summed E-state index contributed by atoms with van der Waals surface area (Å²) < 4.78 is 11.3. The molecule has 3 rings (SSSR count). The van der Waals surface area contributed by atoms with Crippen LogP contribution in [0, 0.1) is 23.2 Å². The van der Waals surface area contributed by atoms with Crippen LogP contribution < -0.4 is 4.74 Å². The predicted molar refractivity (Wildman–Crippen MR) is 146 cm³/mol. The highest BCUT2D eigenvalue weighted by atomic mass is 16.5. The lowest BCUT2D eigenvalue weighted by molar-refractivity contribution is -0.164. The molecule has 0 aromatic heterocycles. The molecule has 1 aliphatic carbocycles. The van der Waals surface area contributed by atoms with E-state index in [1.165, 1.54) is 12.5 Å². The van der Waals surface area contributed by atoms with Crippen LogP contribution in [0.15, 0.2) is 48.5 Å². The smallest absolute Gasteiger partial charge is 0.340 e. The third-order valence-corrected chi connectivity index (χ3v) is 7.49. The summed E-state index contributed by atoms with van der Waals surface area (Å²) in [5.41, 5.74) is 1.39. The average molecular weight is 521 g/mol. The standard InChI is InChI=1S/C31H40N2O5/c1-5-38-31(4,30(35)36)27-14-16-28(17-15-27)37-21-29(34)33(19-24-8-6-23(18-32)7-9-24)20-25-10-12-26(13-11-25)22(2)3/h10-17,22-24H,5-9,19-21H2,1-4H3,(H,35,36)/t23?,24?,31-/m0/s1. The molecule has 1 fully saturated rings. The van der Waals surface area contributed by atoms with E-state index >= 15 is 0 Å². The minimum atomic E-state index is -1.45. The maximum Gasteiger partial charge on any atom is 0.340 e. The number of benzene rings is 2. The van der Waals surface area contributed by atoms with Gasteiger partial charge in [-0.2, -0.15) is 5.26 Å². The van der Waals surface area contributed by atoms with E-state index in [9.17, 15) is 20.0 Å². The molecule has 0 heterocycles. The number of aliphatic carboxylic acids is 1. The number of hydrogen-bond donors (Lipinski definition) is 1. The van der Waals surface area contributed by atoms with Crippen LogP contribution in [0.3, 0.4) is 0 Å². The largest absolute Gasteiger partial charge is 0.484 e. The Morgan fingerprint density at radius 2 is 1.71 bits per heavy atom. The number of hydrogen-bond acceptors (Lipinski definition) is 5. The Labute approximate surface area is 226 Å². The number of ether oxygens (including phenoxy) is 2. The zero-order valence-corrected chi connectivity index (χ0v) is 23.0. The second kappa shape index (κ2) is 13.4. The van der Waals surface area contributed by atoms with Crippen molar-refractivity contribution in [1.29, 1.82) is 5.26 Å². The normalized spacial score (nSPS) is 18.8. The van der Waals surface area contributed by atoms with Crippen LogP contribution in [0.25, 0.3) is 0 Å². The van der Waals surface area contributed by atoms with E-state index in [0.29, 0.717) is 36.2 Å². The maximum atomic E-state index is 13.3. The Morgan fingerprint density at radius 3 is 2.24 bits per heavy atom. The van der Waals surface area contributed by atoms with E-state index in [1.807, 2.05) is 4.90 Å². The van der Waals surface area contributed by atoms with Crippen molar-refractivity contribution in [2.24, 2.45) is 11.8 Å². The van der Waals surface area contributed by atoms with Gasteiger partial charge in [-0.3, -0.25) is 4.79 Å². The first-order chi connectivity index (χ1) is 18.2.